The van der Waals surface area contributed by atoms with Crippen LogP contribution in [0.25, 0.3) is 0 Å². The molecule has 0 spiro atoms. The first-order chi connectivity index (χ1) is 5.11. The van der Waals surface area contributed by atoms with Crippen LogP contribution >= 0.6 is 0 Å². The molecule has 1 aromatic rings. The summed E-state index contributed by atoms with van der Waals surface area (Å²) in [4.78, 5) is -0.171. The van der Waals surface area contributed by atoms with Gasteiger partial charge < -0.3 is 4.55 Å². The zero-order valence-electron chi connectivity index (χ0n) is 6.87. The van der Waals surface area contributed by atoms with Crippen molar-refractivity contribution in [2.75, 3.05) is 0 Å². The molecule has 2 nitrogen and oxygen atoms in total. The number of aryl methyl sites for hydroxylation is 1. The summed E-state index contributed by atoms with van der Waals surface area (Å²) in [5, 5.41) is 0. The first-order valence-electron chi connectivity index (χ1n) is 2.98. The maximum Gasteiger partial charge on any atom is 0.189 e. The van der Waals surface area contributed by atoms with Crippen molar-refractivity contribution in [1.29, 1.82) is 0 Å². The molecular weight excluding hydrogens is 190 g/mol. The van der Waals surface area contributed by atoms with Gasteiger partial charge in [0, 0.05) is 29.6 Å². The Morgan fingerprint density at radius 2 is 2.08 bits per heavy atom. The summed E-state index contributed by atoms with van der Waals surface area (Å²) < 4.78 is 31.7. The minimum atomic E-state index is -2.22. The molecule has 12 heavy (non-hydrogen) atoms. The van der Waals surface area contributed by atoms with Crippen molar-refractivity contribution in [3.63, 3.8) is 0 Å². The van der Waals surface area contributed by atoms with Gasteiger partial charge in [-0.15, -0.1) is 0 Å². The van der Waals surface area contributed by atoms with Crippen molar-refractivity contribution in [2.45, 2.75) is 11.8 Å². The zero-order valence-corrected chi connectivity index (χ0v) is 9.69. The fourth-order valence-corrected chi connectivity index (χ4v) is 1.16. The molecule has 0 amide bonds. The Bertz CT molecular complexity index is 303. The van der Waals surface area contributed by atoms with Crippen molar-refractivity contribution < 1.29 is 13.2 Å². The van der Waals surface area contributed by atoms with E-state index in [0.717, 1.165) is 5.56 Å². The van der Waals surface area contributed by atoms with Crippen LogP contribution in [-0.2, 0) is 11.1 Å². The normalized spacial score (nSPS) is 11.9. The van der Waals surface area contributed by atoms with Crippen molar-refractivity contribution in [3.05, 3.63) is 29.6 Å². The Morgan fingerprint density at radius 3 is 2.50 bits per heavy atom. The smallest absolute Gasteiger partial charge is 0.189 e. The molecule has 1 rings (SSSR count). The predicted molar refractivity (Wildman–Crippen MR) is 45.9 cm³/mol. The van der Waals surface area contributed by atoms with E-state index in [1.165, 1.54) is 12.1 Å². The van der Waals surface area contributed by atoms with E-state index in [4.69, 9.17) is 4.55 Å². The summed E-state index contributed by atoms with van der Waals surface area (Å²) in [6.07, 6.45) is 0. The first kappa shape index (κ1) is 12.3. The molecular formula is C7H7FNaO2S. The number of halogens is 1. The van der Waals surface area contributed by atoms with Gasteiger partial charge in [0.2, 0.25) is 0 Å². The van der Waals surface area contributed by atoms with Gasteiger partial charge in [-0.05, 0) is 24.6 Å². The summed E-state index contributed by atoms with van der Waals surface area (Å²) in [5.41, 5.74) is 0.733. The van der Waals surface area contributed by atoms with Crippen molar-refractivity contribution >= 4 is 40.6 Å². The summed E-state index contributed by atoms with van der Waals surface area (Å²) in [5.74, 6) is -0.633. The molecule has 1 unspecified atom stereocenters. The van der Waals surface area contributed by atoms with Crippen molar-refractivity contribution in [3.8, 4) is 0 Å². The molecule has 0 aliphatic heterocycles. The van der Waals surface area contributed by atoms with Crippen LogP contribution in [0.3, 0.4) is 0 Å². The van der Waals surface area contributed by atoms with Gasteiger partial charge in [-0.2, -0.15) is 0 Å². The van der Waals surface area contributed by atoms with Crippen LogP contribution in [0.15, 0.2) is 23.1 Å². The van der Waals surface area contributed by atoms with Gasteiger partial charge in [0.05, 0.1) is 0 Å². The second kappa shape index (κ2) is 5.09. The van der Waals surface area contributed by atoms with E-state index < -0.39 is 16.9 Å². The average Bonchev–Trinajstić information content (AvgIpc) is 1.85. The quantitative estimate of drug-likeness (QED) is 0.544. The molecule has 5 heteroatoms. The standard InChI is InChI=1S/C7H7FO2S.Na/c1-5-2-3-7(11(9)10)6(8)4-5;/h2-4H,1H3,(H,9,10);. The fourth-order valence-electron chi connectivity index (χ4n) is 0.747. The topological polar surface area (TPSA) is 37.3 Å². The van der Waals surface area contributed by atoms with Gasteiger partial charge in [-0.3, -0.25) is 0 Å². The van der Waals surface area contributed by atoms with Gasteiger partial charge in [0.25, 0.3) is 0 Å². The van der Waals surface area contributed by atoms with Crippen LogP contribution in [0.5, 0.6) is 0 Å². The maximum atomic E-state index is 12.7. The van der Waals surface area contributed by atoms with E-state index in [1.807, 2.05) is 0 Å². The Labute approximate surface area is 94.8 Å². The summed E-state index contributed by atoms with van der Waals surface area (Å²) in [7, 11) is 0. The van der Waals surface area contributed by atoms with Gasteiger partial charge in [0.1, 0.15) is 10.7 Å². The van der Waals surface area contributed by atoms with Gasteiger partial charge in [-0.25, -0.2) is 8.60 Å². The molecule has 0 fully saturated rings. The van der Waals surface area contributed by atoms with Crippen LogP contribution < -0.4 is 0 Å². The van der Waals surface area contributed by atoms with E-state index in [-0.39, 0.29) is 34.5 Å². The van der Waals surface area contributed by atoms with Crippen LogP contribution in [-0.4, -0.2) is 38.3 Å². The molecule has 1 N–H and O–H groups in total. The molecule has 0 aliphatic rings. The number of hydrogen-bond acceptors (Lipinski definition) is 1. The molecule has 0 saturated heterocycles. The molecule has 1 radical (unpaired) electrons. The van der Waals surface area contributed by atoms with E-state index in [0.29, 0.717) is 0 Å². The van der Waals surface area contributed by atoms with Crippen molar-refractivity contribution in [2.24, 2.45) is 0 Å². The fraction of sp³-hybridized carbons (Fsp3) is 0.143. The second-order valence-corrected chi connectivity index (χ2v) is 3.12. The monoisotopic (exact) mass is 197 g/mol. The molecule has 0 heterocycles. The average molecular weight is 197 g/mol. The third kappa shape index (κ3) is 2.95. The third-order valence-corrected chi connectivity index (χ3v) is 1.98. The Hall–Kier alpha value is 0.260. The van der Waals surface area contributed by atoms with Gasteiger partial charge in [0.15, 0.2) is 11.1 Å². The number of hydrogen-bond donors (Lipinski definition) is 1. The zero-order chi connectivity index (χ0) is 8.43. The SMILES string of the molecule is Cc1ccc(S(=O)O)c(F)c1.[Na]. The molecule has 0 bridgehead atoms. The predicted octanol–water partition coefficient (Wildman–Crippen LogP) is 1.33. The first-order valence-corrected chi connectivity index (χ1v) is 4.09. The largest absolute Gasteiger partial charge is 0.302 e. The number of rotatable bonds is 1. The van der Waals surface area contributed by atoms with Crippen LogP contribution in [0.2, 0.25) is 0 Å². The van der Waals surface area contributed by atoms with E-state index >= 15 is 0 Å². The maximum absolute atomic E-state index is 12.7. The number of benzene rings is 1. The summed E-state index contributed by atoms with van der Waals surface area (Å²) in [6.45, 7) is 1.72. The summed E-state index contributed by atoms with van der Waals surface area (Å²) >= 11 is -2.22. The molecule has 0 aliphatic carbocycles. The van der Waals surface area contributed by atoms with E-state index in [2.05, 4.69) is 0 Å². The minimum Gasteiger partial charge on any atom is -0.302 e. The minimum absolute atomic E-state index is 0. The van der Waals surface area contributed by atoms with Crippen molar-refractivity contribution in [1.82, 2.24) is 0 Å². The summed E-state index contributed by atoms with van der Waals surface area (Å²) in [6, 6.07) is 4.12. The van der Waals surface area contributed by atoms with E-state index in [1.54, 1.807) is 13.0 Å². The third-order valence-electron chi connectivity index (χ3n) is 1.28. The molecule has 0 aromatic heterocycles. The Morgan fingerprint density at radius 1 is 1.50 bits per heavy atom. The molecule has 61 valence electrons. The van der Waals surface area contributed by atoms with Crippen LogP contribution in [0.4, 0.5) is 4.39 Å². The molecule has 0 saturated carbocycles. The molecule has 1 atom stereocenters. The van der Waals surface area contributed by atoms with E-state index in [9.17, 15) is 8.60 Å². The second-order valence-electron chi connectivity index (χ2n) is 2.18. The van der Waals surface area contributed by atoms with Gasteiger partial charge in [-0.1, -0.05) is 6.07 Å². The molecule has 1 aromatic carbocycles. The Kier molecular flexibility index (Phi) is 5.20. The Balaban J connectivity index is 0.00000121. The van der Waals surface area contributed by atoms with Gasteiger partial charge >= 0.3 is 0 Å². The van der Waals surface area contributed by atoms with Crippen LogP contribution in [0.1, 0.15) is 5.56 Å². The van der Waals surface area contributed by atoms with Crippen LogP contribution in [0, 0.1) is 12.7 Å².